The highest BCUT2D eigenvalue weighted by Gasteiger charge is 2.50. The first-order valence-corrected chi connectivity index (χ1v) is 8.56. The van der Waals surface area contributed by atoms with Crippen LogP contribution in [-0.2, 0) is 33.3 Å². The van der Waals surface area contributed by atoms with Crippen molar-refractivity contribution in [3.05, 3.63) is 0 Å². The number of ether oxygens (including phenoxy) is 3. The van der Waals surface area contributed by atoms with E-state index in [0.29, 0.717) is 6.42 Å². The van der Waals surface area contributed by atoms with Crippen LogP contribution in [0.15, 0.2) is 0 Å². The Morgan fingerprint density at radius 1 is 1.43 bits per heavy atom. The van der Waals surface area contributed by atoms with E-state index in [-0.39, 0.29) is 18.9 Å². The Balaban J connectivity index is 2.24. The zero-order chi connectivity index (χ0) is 15.8. The van der Waals surface area contributed by atoms with Gasteiger partial charge in [-0.3, -0.25) is 8.98 Å². The van der Waals surface area contributed by atoms with Gasteiger partial charge in [0.1, 0.15) is 24.4 Å². The fraction of sp³-hybridized carbons (Fsp3) is 0.917. The largest absolute Gasteiger partial charge is 0.459 e. The molecule has 2 aliphatic rings. The molecule has 0 unspecified atom stereocenters. The fourth-order valence-electron chi connectivity index (χ4n) is 2.63. The average Bonchev–Trinajstić information content (AvgIpc) is 2.88. The Hall–Kier alpha value is -0.740. The van der Waals surface area contributed by atoms with Gasteiger partial charge in [0.15, 0.2) is 5.79 Å². The van der Waals surface area contributed by atoms with Crippen molar-refractivity contribution in [2.45, 2.75) is 56.9 Å². The molecular weight excluding hydrogens is 302 g/mol. The van der Waals surface area contributed by atoms with Crippen molar-refractivity contribution < 1.29 is 31.6 Å². The molecule has 0 amide bonds. The molecule has 0 bridgehead atoms. The first kappa shape index (κ1) is 16.6. The van der Waals surface area contributed by atoms with Crippen LogP contribution in [-0.4, -0.2) is 57.4 Å². The molecule has 21 heavy (non-hydrogen) atoms. The number of nitrogens with two attached hydrogens (primary N) is 1. The summed E-state index contributed by atoms with van der Waals surface area (Å²) in [5.74, 6) is -1.29. The number of cyclic esters (lactones) is 1. The van der Waals surface area contributed by atoms with Crippen molar-refractivity contribution in [3.8, 4) is 0 Å². The predicted octanol–water partition coefficient (Wildman–Crippen LogP) is -0.484. The summed E-state index contributed by atoms with van der Waals surface area (Å²) in [5, 5.41) is 0. The molecule has 2 rings (SSSR count). The van der Waals surface area contributed by atoms with Gasteiger partial charge in [-0.05, 0) is 20.3 Å². The Labute approximate surface area is 124 Å². The molecule has 2 heterocycles. The van der Waals surface area contributed by atoms with E-state index < -0.39 is 40.3 Å². The van der Waals surface area contributed by atoms with Crippen molar-refractivity contribution in [3.63, 3.8) is 0 Å². The molecule has 2 fully saturated rings. The van der Waals surface area contributed by atoms with Crippen LogP contribution in [0.1, 0.15) is 26.7 Å². The Morgan fingerprint density at radius 2 is 2.10 bits per heavy atom. The van der Waals surface area contributed by atoms with Crippen LogP contribution >= 0.6 is 0 Å². The summed E-state index contributed by atoms with van der Waals surface area (Å²) in [6.07, 6.45) is -1.39. The lowest BCUT2D eigenvalue weighted by Gasteiger charge is -2.28. The monoisotopic (exact) mass is 323 g/mol. The lowest BCUT2D eigenvalue weighted by Crippen LogP contribution is -2.48. The molecule has 0 aromatic carbocycles. The van der Waals surface area contributed by atoms with Crippen molar-refractivity contribution in [2.24, 2.45) is 5.73 Å². The van der Waals surface area contributed by atoms with Crippen LogP contribution in [0.4, 0.5) is 0 Å². The molecule has 2 N–H and O–H groups in total. The van der Waals surface area contributed by atoms with E-state index in [4.69, 9.17) is 24.1 Å². The predicted molar refractivity (Wildman–Crippen MR) is 71.7 cm³/mol. The molecule has 122 valence electrons. The second kappa shape index (κ2) is 5.81. The maximum atomic E-state index is 11.5. The smallest absolute Gasteiger partial charge is 0.306 e. The van der Waals surface area contributed by atoms with Crippen molar-refractivity contribution in [2.75, 3.05) is 12.8 Å². The summed E-state index contributed by atoms with van der Waals surface area (Å²) in [6, 6.07) is 0. The highest BCUT2D eigenvalue weighted by molar-refractivity contribution is 7.86. The van der Waals surface area contributed by atoms with E-state index in [9.17, 15) is 13.2 Å². The molecule has 8 nitrogen and oxygen atoms in total. The number of carbonyl (C=O) groups excluding carboxylic acids is 1. The lowest BCUT2D eigenvalue weighted by molar-refractivity contribution is -0.163. The second-order valence-electron chi connectivity index (χ2n) is 5.71. The molecule has 9 heteroatoms. The van der Waals surface area contributed by atoms with Gasteiger partial charge in [0, 0.05) is 13.0 Å². The van der Waals surface area contributed by atoms with Crippen LogP contribution in [0, 0.1) is 0 Å². The van der Waals surface area contributed by atoms with E-state index >= 15 is 0 Å². The Bertz CT molecular complexity index is 504. The van der Waals surface area contributed by atoms with Crippen LogP contribution in [0.3, 0.4) is 0 Å². The highest BCUT2D eigenvalue weighted by atomic mass is 32.2. The zero-order valence-electron chi connectivity index (χ0n) is 12.3. The third kappa shape index (κ3) is 4.13. The summed E-state index contributed by atoms with van der Waals surface area (Å²) in [4.78, 5) is 11.3. The van der Waals surface area contributed by atoms with Gasteiger partial charge in [-0.1, -0.05) is 0 Å². The quantitative estimate of drug-likeness (QED) is 0.533. The number of hydrogen-bond donors (Lipinski definition) is 1. The van der Waals surface area contributed by atoms with Gasteiger partial charge in [-0.25, -0.2) is 0 Å². The molecule has 2 saturated heterocycles. The van der Waals surface area contributed by atoms with Crippen molar-refractivity contribution in [1.82, 2.24) is 0 Å². The molecule has 0 aromatic rings. The number of esters is 1. The molecule has 0 spiro atoms. The summed E-state index contributed by atoms with van der Waals surface area (Å²) in [7, 11) is -3.75. The van der Waals surface area contributed by atoms with Crippen LogP contribution in [0.2, 0.25) is 0 Å². The van der Waals surface area contributed by atoms with E-state index in [2.05, 4.69) is 0 Å². The minimum Gasteiger partial charge on any atom is -0.459 e. The summed E-state index contributed by atoms with van der Waals surface area (Å²) < 4.78 is 44.6. The maximum absolute atomic E-state index is 11.5. The normalized spacial score (nSPS) is 33.9. The molecular formula is C12H21NO7S. The minimum atomic E-state index is -3.75. The Morgan fingerprint density at radius 3 is 2.57 bits per heavy atom. The van der Waals surface area contributed by atoms with Gasteiger partial charge in [0.25, 0.3) is 10.1 Å². The van der Waals surface area contributed by atoms with E-state index in [0.717, 1.165) is 6.26 Å². The summed E-state index contributed by atoms with van der Waals surface area (Å²) >= 11 is 0. The second-order valence-corrected chi connectivity index (χ2v) is 7.31. The van der Waals surface area contributed by atoms with E-state index in [1.165, 1.54) is 0 Å². The molecule has 4 atom stereocenters. The first-order chi connectivity index (χ1) is 9.61. The number of rotatable bonds is 5. The van der Waals surface area contributed by atoms with E-state index in [1.54, 1.807) is 13.8 Å². The third-order valence-electron chi connectivity index (χ3n) is 3.35. The minimum absolute atomic E-state index is 0.137. The molecule has 0 radical (unpaired) electrons. The van der Waals surface area contributed by atoms with Gasteiger partial charge in [0.05, 0.1) is 6.26 Å². The number of carbonyl (C=O) groups is 1. The lowest BCUT2D eigenvalue weighted by atomic mass is 10.0. The molecule has 0 saturated carbocycles. The summed E-state index contributed by atoms with van der Waals surface area (Å²) in [6.45, 7) is 3.54. The SMILES string of the molecule is CC1(C)O[C@@H]([C@@H](OS(C)(=O)=O)[C@H]2CCC(=O)O2)[C@@H](CN)O1. The molecule has 0 aliphatic carbocycles. The van der Waals surface area contributed by atoms with Gasteiger partial charge in [-0.2, -0.15) is 8.42 Å². The van der Waals surface area contributed by atoms with Crippen LogP contribution < -0.4 is 5.73 Å². The average molecular weight is 323 g/mol. The number of hydrogen-bond acceptors (Lipinski definition) is 8. The van der Waals surface area contributed by atoms with Crippen LogP contribution in [0.25, 0.3) is 0 Å². The zero-order valence-corrected chi connectivity index (χ0v) is 13.1. The molecule has 0 aromatic heterocycles. The van der Waals surface area contributed by atoms with E-state index in [1.807, 2.05) is 0 Å². The van der Waals surface area contributed by atoms with Crippen molar-refractivity contribution in [1.29, 1.82) is 0 Å². The third-order valence-corrected chi connectivity index (χ3v) is 3.92. The maximum Gasteiger partial charge on any atom is 0.306 e. The Kier molecular flexibility index (Phi) is 4.60. The van der Waals surface area contributed by atoms with Gasteiger partial charge >= 0.3 is 5.97 Å². The van der Waals surface area contributed by atoms with Crippen LogP contribution in [0.5, 0.6) is 0 Å². The van der Waals surface area contributed by atoms with Crippen molar-refractivity contribution >= 4 is 16.1 Å². The highest BCUT2D eigenvalue weighted by Crippen LogP contribution is 2.34. The van der Waals surface area contributed by atoms with Gasteiger partial charge in [0.2, 0.25) is 0 Å². The molecule has 2 aliphatic heterocycles. The standard InChI is InChI=1S/C12H21NO7S/c1-12(2)18-8(6-13)10(19-12)11(20-21(3,15)16)7-4-5-9(14)17-7/h7-8,10-11H,4-6,13H2,1-3H3/t7-,8-,10-,11+/m1/s1. The van der Waals surface area contributed by atoms with Gasteiger partial charge < -0.3 is 19.9 Å². The first-order valence-electron chi connectivity index (χ1n) is 6.75. The van der Waals surface area contributed by atoms with Gasteiger partial charge in [-0.15, -0.1) is 0 Å². The topological polar surface area (TPSA) is 114 Å². The fourth-order valence-corrected chi connectivity index (χ4v) is 3.27. The summed E-state index contributed by atoms with van der Waals surface area (Å²) in [5.41, 5.74) is 5.66.